The lowest BCUT2D eigenvalue weighted by atomic mass is 9.83. The summed E-state index contributed by atoms with van der Waals surface area (Å²) in [5, 5.41) is 41.3. The van der Waals surface area contributed by atoms with E-state index >= 15 is 0 Å². The first-order valence-electron chi connectivity index (χ1n) is 15.4. The highest BCUT2D eigenvalue weighted by Gasteiger charge is 2.45. The molecule has 1 aromatic heterocycles. The largest absolute Gasteiger partial charge is 0.450 e. The van der Waals surface area contributed by atoms with E-state index in [1.807, 2.05) is 13.8 Å². The maximum atomic E-state index is 11.4. The fourth-order valence-corrected chi connectivity index (χ4v) is 5.14. The molecular weight excluding hydrogens is 652 g/mol. The van der Waals surface area contributed by atoms with Crippen LogP contribution in [0.1, 0.15) is 26.7 Å². The summed E-state index contributed by atoms with van der Waals surface area (Å²) in [6, 6.07) is -1.15. The second-order valence-corrected chi connectivity index (χ2v) is 10.1. The van der Waals surface area contributed by atoms with Crippen LogP contribution >= 0.6 is 0 Å². The molecule has 3 rings (SSSR count). The third-order valence-corrected chi connectivity index (χ3v) is 7.40. The molecule has 2 aliphatic rings. The number of carbonyl (C=O) groups is 2. The lowest BCUT2D eigenvalue weighted by Gasteiger charge is -2.44. The zero-order valence-corrected chi connectivity index (χ0v) is 29.4. The first kappa shape index (κ1) is 48.1. The van der Waals surface area contributed by atoms with Crippen LogP contribution in [0.4, 0.5) is 9.59 Å². The van der Waals surface area contributed by atoms with Gasteiger partial charge in [0.25, 0.3) is 0 Å². The number of amides is 1. The fourth-order valence-electron chi connectivity index (χ4n) is 5.14. The Morgan fingerprint density at radius 1 is 0.837 bits per heavy atom. The summed E-state index contributed by atoms with van der Waals surface area (Å²) < 4.78 is 22.4. The SMILES string of the molecule is C=C.C=C.CC[C@H]1C(O)C(N)[C@H](COC)O[C@H]1CO.CC[C@H]1C(O)C(NC(=O)OOC)[C@H](COC)O[C@H]1CO.COOC(=O)n1ccnc1. The summed E-state index contributed by atoms with van der Waals surface area (Å²) in [4.78, 5) is 42.7. The quantitative estimate of drug-likeness (QED) is 0.104. The number of hydrogen-bond donors (Lipinski definition) is 6. The number of aliphatic hydroxyl groups is 4. The van der Waals surface area contributed by atoms with Gasteiger partial charge < -0.3 is 50.4 Å². The van der Waals surface area contributed by atoms with Crippen LogP contribution in [0.25, 0.3) is 0 Å². The van der Waals surface area contributed by atoms with Crippen molar-refractivity contribution in [3.05, 3.63) is 45.0 Å². The van der Waals surface area contributed by atoms with Crippen molar-refractivity contribution in [3.63, 3.8) is 0 Å². The molecule has 49 heavy (non-hydrogen) atoms. The number of nitrogens with two attached hydrogens (primary N) is 1. The molecule has 3 heterocycles. The number of nitrogens with zero attached hydrogens (tertiary/aromatic N) is 2. The molecule has 7 N–H and O–H groups in total. The van der Waals surface area contributed by atoms with Gasteiger partial charge in [-0.05, 0) is 12.8 Å². The number of aliphatic hydroxyl groups excluding tert-OH is 4. The second-order valence-electron chi connectivity index (χ2n) is 10.1. The van der Waals surface area contributed by atoms with Crippen molar-refractivity contribution >= 4 is 12.2 Å². The molecule has 18 nitrogen and oxygen atoms in total. The number of ether oxygens (including phenoxy) is 4. The van der Waals surface area contributed by atoms with Gasteiger partial charge in [0.15, 0.2) is 0 Å². The van der Waals surface area contributed by atoms with Crippen molar-refractivity contribution in [2.75, 3.05) is 54.9 Å². The van der Waals surface area contributed by atoms with Gasteiger partial charge in [0.1, 0.15) is 12.4 Å². The number of imidazole rings is 1. The first-order chi connectivity index (χ1) is 23.6. The first-order valence-corrected chi connectivity index (χ1v) is 15.4. The molecule has 1 amide bonds. The lowest BCUT2D eigenvalue weighted by Crippen LogP contribution is -2.62. The van der Waals surface area contributed by atoms with Gasteiger partial charge in [0.2, 0.25) is 0 Å². The average molecular weight is 711 g/mol. The molecule has 286 valence electrons. The molecule has 0 aliphatic carbocycles. The Hall–Kier alpha value is -3.01. The minimum Gasteiger partial charge on any atom is -0.394 e. The smallest absolute Gasteiger partial charge is 0.394 e. The number of nitrogens with one attached hydrogen (secondary N) is 1. The molecule has 2 fully saturated rings. The Labute approximate surface area is 288 Å². The van der Waals surface area contributed by atoms with Gasteiger partial charge in [0.05, 0.1) is 83.3 Å². The number of hydrogen-bond acceptors (Lipinski definition) is 16. The van der Waals surface area contributed by atoms with Crippen LogP contribution in [0.15, 0.2) is 45.0 Å². The summed E-state index contributed by atoms with van der Waals surface area (Å²) in [7, 11) is 5.51. The third kappa shape index (κ3) is 16.0. The van der Waals surface area contributed by atoms with E-state index < -0.39 is 48.7 Å². The van der Waals surface area contributed by atoms with Crippen LogP contribution < -0.4 is 11.1 Å². The second kappa shape index (κ2) is 28.8. The molecule has 0 radical (unpaired) electrons. The Balaban J connectivity index is 0. The minimum atomic E-state index is -0.879. The molecule has 4 unspecified atom stereocenters. The van der Waals surface area contributed by atoms with E-state index in [4.69, 9.17) is 29.8 Å². The van der Waals surface area contributed by atoms with E-state index in [-0.39, 0.29) is 43.9 Å². The topological polar surface area (TPSA) is 245 Å². The van der Waals surface area contributed by atoms with Crippen molar-refractivity contribution < 1.29 is 68.5 Å². The highest BCUT2D eigenvalue weighted by atomic mass is 17.2. The maximum absolute atomic E-state index is 11.4. The third-order valence-electron chi connectivity index (χ3n) is 7.40. The molecule has 18 heteroatoms. The average Bonchev–Trinajstić information content (AvgIpc) is 3.66. The summed E-state index contributed by atoms with van der Waals surface area (Å²) in [5.41, 5.74) is 5.85. The molecule has 0 bridgehead atoms. The van der Waals surface area contributed by atoms with Crippen LogP contribution in [0.3, 0.4) is 0 Å². The maximum Gasteiger partial charge on any atom is 0.450 e. The molecule has 0 aromatic carbocycles. The van der Waals surface area contributed by atoms with Crippen LogP contribution in [0.2, 0.25) is 0 Å². The normalized spacial score (nSPS) is 28.6. The van der Waals surface area contributed by atoms with Gasteiger partial charge in [-0.2, -0.15) is 9.78 Å². The van der Waals surface area contributed by atoms with Gasteiger partial charge in [-0.3, -0.25) is 9.78 Å². The molecule has 10 atom stereocenters. The number of aromatic nitrogens is 2. The van der Waals surface area contributed by atoms with E-state index in [0.717, 1.165) is 11.0 Å². The van der Waals surface area contributed by atoms with Crippen molar-refractivity contribution in [1.82, 2.24) is 14.9 Å². The van der Waals surface area contributed by atoms with Crippen LogP contribution in [-0.2, 0) is 38.5 Å². The predicted molar refractivity (Wildman–Crippen MR) is 177 cm³/mol. The monoisotopic (exact) mass is 710 g/mol. The number of methoxy groups -OCH3 is 2. The summed E-state index contributed by atoms with van der Waals surface area (Å²) in [5.74, 6) is -0.390. The van der Waals surface area contributed by atoms with E-state index in [1.165, 1.54) is 40.1 Å². The lowest BCUT2D eigenvalue weighted by molar-refractivity contribution is -0.219. The van der Waals surface area contributed by atoms with Crippen molar-refractivity contribution in [1.29, 1.82) is 0 Å². The van der Waals surface area contributed by atoms with Crippen LogP contribution in [0, 0.1) is 11.8 Å². The van der Waals surface area contributed by atoms with Gasteiger partial charge >= 0.3 is 12.2 Å². The highest BCUT2D eigenvalue weighted by molar-refractivity contribution is 5.69. The van der Waals surface area contributed by atoms with Gasteiger partial charge in [-0.15, -0.1) is 26.3 Å². The van der Waals surface area contributed by atoms with Gasteiger partial charge in [-0.1, -0.05) is 13.8 Å². The Kier molecular flexibility index (Phi) is 28.3. The standard InChI is InChI=1S/C12H23NO7.C10H21NO4.C5H6N2O3.2C2H4/c1-4-7-8(5-14)19-9(6-17-2)10(11(7)15)13-12(16)20-18-3;1-3-6-7(4-12)15-8(5-14-2)9(11)10(6)13;1-9-10-5(8)7-3-2-6-4-7;2*1-2/h7-11,14-15H,4-6H2,1-3H3,(H,13,16);6-10,12-13H,3-5,11H2,1-2H3;2-4H,1H3;2*1-2H2/t7-,8+,9+,10?,11?;6-,7+,8+,9?,10?;;;/m11.../s1. The fraction of sp³-hybridized carbons (Fsp3) is 0.710. The Morgan fingerprint density at radius 3 is 1.76 bits per heavy atom. The predicted octanol–water partition coefficient (Wildman–Crippen LogP) is 0.576. The van der Waals surface area contributed by atoms with Crippen molar-refractivity contribution in [3.8, 4) is 0 Å². The van der Waals surface area contributed by atoms with E-state index in [1.54, 1.807) is 7.11 Å². The zero-order valence-electron chi connectivity index (χ0n) is 29.4. The Bertz CT molecular complexity index is 955. The molecule has 1 aromatic rings. The zero-order chi connectivity index (χ0) is 37.9. The van der Waals surface area contributed by atoms with Crippen molar-refractivity contribution in [2.45, 2.75) is 75.4 Å². The van der Waals surface area contributed by atoms with Crippen LogP contribution in [0.5, 0.6) is 0 Å². The molecule has 0 spiro atoms. The van der Waals surface area contributed by atoms with Gasteiger partial charge in [-0.25, -0.2) is 19.1 Å². The Morgan fingerprint density at radius 2 is 1.33 bits per heavy atom. The van der Waals surface area contributed by atoms with Crippen molar-refractivity contribution in [2.24, 2.45) is 17.6 Å². The minimum absolute atomic E-state index is 0.0947. The summed E-state index contributed by atoms with van der Waals surface area (Å²) >= 11 is 0. The summed E-state index contributed by atoms with van der Waals surface area (Å²) in [6.07, 6.45) is 0.874. The molecular formula is C31H58N4O14. The number of carbonyl (C=O) groups excluding carboxylic acids is 2. The summed E-state index contributed by atoms with van der Waals surface area (Å²) in [6.45, 7) is 16.0. The highest BCUT2D eigenvalue weighted by Crippen LogP contribution is 2.29. The molecule has 2 saturated heterocycles. The van der Waals surface area contributed by atoms with E-state index in [0.29, 0.717) is 13.0 Å². The molecule has 2 aliphatic heterocycles. The van der Waals surface area contributed by atoms with Crippen LogP contribution in [-0.4, -0.2) is 146 Å². The molecule has 0 saturated carbocycles. The van der Waals surface area contributed by atoms with E-state index in [2.05, 4.69) is 56.2 Å². The number of rotatable bonds is 11. The van der Waals surface area contributed by atoms with E-state index in [9.17, 15) is 24.9 Å². The van der Waals surface area contributed by atoms with Gasteiger partial charge in [0, 0.05) is 38.4 Å².